The minimum absolute atomic E-state index is 0.0603. The summed E-state index contributed by atoms with van der Waals surface area (Å²) in [7, 11) is 0. The van der Waals surface area contributed by atoms with Crippen LogP contribution in [-0.4, -0.2) is 32.6 Å². The number of fused-ring (bicyclic) bond motifs is 1. The molecular formula is C26H33N3O3S. The van der Waals surface area contributed by atoms with Gasteiger partial charge >= 0.3 is 5.97 Å². The molecule has 4 rings (SSSR count). The molecule has 2 heterocycles. The lowest BCUT2D eigenvalue weighted by atomic mass is 9.95. The van der Waals surface area contributed by atoms with Gasteiger partial charge in [-0.1, -0.05) is 45.1 Å². The van der Waals surface area contributed by atoms with E-state index in [4.69, 9.17) is 4.98 Å². The molecule has 176 valence electrons. The van der Waals surface area contributed by atoms with Gasteiger partial charge in [0.1, 0.15) is 5.82 Å². The Bertz CT molecular complexity index is 1080. The van der Waals surface area contributed by atoms with Crippen LogP contribution in [0.25, 0.3) is 11.0 Å². The molecule has 1 aromatic carbocycles. The zero-order valence-corrected chi connectivity index (χ0v) is 20.1. The topological polar surface area (TPSA) is 84.2 Å². The molecule has 1 aliphatic carbocycles. The number of aromatic nitrogens is 2. The van der Waals surface area contributed by atoms with Crippen LogP contribution in [0.3, 0.4) is 0 Å². The first-order valence-corrected chi connectivity index (χ1v) is 13.0. The van der Waals surface area contributed by atoms with Crippen molar-refractivity contribution < 1.29 is 14.7 Å². The van der Waals surface area contributed by atoms with Crippen LogP contribution >= 0.6 is 11.3 Å². The van der Waals surface area contributed by atoms with Crippen LogP contribution in [0.4, 0.5) is 0 Å². The Hall–Kier alpha value is -2.67. The summed E-state index contributed by atoms with van der Waals surface area (Å²) in [6.45, 7) is 2.06. The molecule has 1 amide bonds. The highest BCUT2D eigenvalue weighted by atomic mass is 32.1. The lowest BCUT2D eigenvalue weighted by molar-refractivity contribution is -0.137. The Labute approximate surface area is 199 Å². The van der Waals surface area contributed by atoms with Crippen molar-refractivity contribution in [3.05, 3.63) is 52.0 Å². The molecule has 0 spiro atoms. The molecule has 1 aliphatic rings. The lowest BCUT2D eigenvalue weighted by Crippen LogP contribution is -2.36. The maximum Gasteiger partial charge on any atom is 0.305 e. The number of aliphatic carboxylic acids is 1. The van der Waals surface area contributed by atoms with Crippen LogP contribution in [0.15, 0.2) is 35.7 Å². The summed E-state index contributed by atoms with van der Waals surface area (Å²) >= 11 is 1.74. The van der Waals surface area contributed by atoms with Crippen molar-refractivity contribution in [1.29, 1.82) is 0 Å². The number of carbonyl (C=O) groups is 2. The molecule has 3 aromatic rings. The largest absolute Gasteiger partial charge is 0.481 e. The number of hydrogen-bond acceptors (Lipinski definition) is 4. The van der Waals surface area contributed by atoms with Crippen LogP contribution < -0.4 is 5.32 Å². The zero-order chi connectivity index (χ0) is 23.2. The van der Waals surface area contributed by atoms with E-state index in [2.05, 4.69) is 34.3 Å². The summed E-state index contributed by atoms with van der Waals surface area (Å²) in [6, 6.07) is 10.0. The second kappa shape index (κ2) is 11.0. The molecule has 7 heteroatoms. The number of thiophene rings is 1. The van der Waals surface area contributed by atoms with E-state index in [0.717, 1.165) is 36.1 Å². The Morgan fingerprint density at radius 1 is 1.24 bits per heavy atom. The molecule has 1 unspecified atom stereocenters. The van der Waals surface area contributed by atoms with Gasteiger partial charge in [-0.3, -0.25) is 9.59 Å². The van der Waals surface area contributed by atoms with E-state index in [0.29, 0.717) is 18.0 Å². The number of hydrogen-bond donors (Lipinski definition) is 2. The van der Waals surface area contributed by atoms with Gasteiger partial charge in [-0.15, -0.1) is 11.3 Å². The van der Waals surface area contributed by atoms with Crippen molar-refractivity contribution in [1.82, 2.24) is 14.9 Å². The van der Waals surface area contributed by atoms with Crippen LogP contribution in [0.2, 0.25) is 0 Å². The lowest BCUT2D eigenvalue weighted by Gasteiger charge is -2.25. The van der Waals surface area contributed by atoms with Crippen LogP contribution in [0.5, 0.6) is 0 Å². The number of carboxylic acids is 1. The molecule has 33 heavy (non-hydrogen) atoms. The predicted octanol–water partition coefficient (Wildman–Crippen LogP) is 5.96. The maximum absolute atomic E-state index is 13.0. The van der Waals surface area contributed by atoms with Gasteiger partial charge in [0, 0.05) is 28.9 Å². The smallest absolute Gasteiger partial charge is 0.305 e. The standard InChI is InChI=1S/C26H33N3O3S/c1-2-3-8-19(16-25(30)31)27-26(32)18-12-13-23-22(15-18)28-24(17-21-11-7-14-33-21)29(23)20-9-5-4-6-10-20/h7,11-15,19-20H,2-6,8-10,16-17H2,1H3,(H,27,32)(H,30,31). The zero-order valence-electron chi connectivity index (χ0n) is 19.3. The van der Waals surface area contributed by atoms with Crippen LogP contribution in [0, 0.1) is 0 Å². The molecule has 1 saturated carbocycles. The van der Waals surface area contributed by atoms with E-state index < -0.39 is 5.97 Å². The van der Waals surface area contributed by atoms with Gasteiger partial charge in [0.15, 0.2) is 0 Å². The normalized spacial score (nSPS) is 15.5. The molecule has 0 aliphatic heterocycles. The first-order valence-electron chi connectivity index (χ1n) is 12.1. The monoisotopic (exact) mass is 467 g/mol. The number of rotatable bonds is 10. The second-order valence-corrected chi connectivity index (χ2v) is 10.1. The molecule has 0 radical (unpaired) electrons. The van der Waals surface area contributed by atoms with Gasteiger partial charge in [0.05, 0.1) is 17.5 Å². The van der Waals surface area contributed by atoms with E-state index in [1.165, 1.54) is 37.0 Å². The second-order valence-electron chi connectivity index (χ2n) is 9.06. The van der Waals surface area contributed by atoms with Crippen molar-refractivity contribution in [2.45, 2.75) is 83.2 Å². The van der Waals surface area contributed by atoms with Crippen LogP contribution in [0.1, 0.15) is 91.8 Å². The highest BCUT2D eigenvalue weighted by molar-refractivity contribution is 7.09. The maximum atomic E-state index is 13.0. The van der Waals surface area contributed by atoms with Gasteiger partial charge in [0.25, 0.3) is 5.91 Å². The Balaban J connectivity index is 1.62. The average Bonchev–Trinajstić information content (AvgIpc) is 3.44. The van der Waals surface area contributed by atoms with Gasteiger partial charge in [-0.2, -0.15) is 0 Å². The molecule has 2 N–H and O–H groups in total. The highest BCUT2D eigenvalue weighted by Crippen LogP contribution is 2.33. The van der Waals surface area contributed by atoms with E-state index in [9.17, 15) is 14.7 Å². The SMILES string of the molecule is CCCCC(CC(=O)O)NC(=O)c1ccc2c(c1)nc(Cc1cccs1)n2C1CCCCC1. The minimum Gasteiger partial charge on any atom is -0.481 e. The van der Waals surface area contributed by atoms with E-state index in [1.54, 1.807) is 11.3 Å². The number of unbranched alkanes of at least 4 members (excludes halogenated alkanes) is 1. The fourth-order valence-corrected chi connectivity index (χ4v) is 5.59. The Morgan fingerprint density at radius 2 is 2.06 bits per heavy atom. The number of imidazole rings is 1. The molecule has 2 aromatic heterocycles. The van der Waals surface area contributed by atoms with Crippen LogP contribution in [-0.2, 0) is 11.2 Å². The number of carbonyl (C=O) groups excluding carboxylic acids is 1. The van der Waals surface area contributed by atoms with Crippen molar-refractivity contribution in [3.63, 3.8) is 0 Å². The van der Waals surface area contributed by atoms with Crippen molar-refractivity contribution >= 4 is 34.2 Å². The molecular weight excluding hydrogens is 434 g/mol. The third kappa shape index (κ3) is 5.82. The summed E-state index contributed by atoms with van der Waals surface area (Å²) < 4.78 is 2.41. The Kier molecular flexibility index (Phi) is 7.81. The highest BCUT2D eigenvalue weighted by Gasteiger charge is 2.23. The first-order chi connectivity index (χ1) is 16.0. The van der Waals surface area contributed by atoms with E-state index in [-0.39, 0.29) is 18.4 Å². The third-order valence-corrected chi connectivity index (χ3v) is 7.42. The first kappa shape index (κ1) is 23.5. The molecule has 1 fully saturated rings. The predicted molar refractivity (Wildman–Crippen MR) is 132 cm³/mol. The number of amides is 1. The summed E-state index contributed by atoms with van der Waals surface area (Å²) in [4.78, 5) is 30.4. The minimum atomic E-state index is -0.892. The summed E-state index contributed by atoms with van der Waals surface area (Å²) in [5, 5.41) is 14.2. The van der Waals surface area contributed by atoms with Gasteiger partial charge < -0.3 is 15.0 Å². The molecule has 0 saturated heterocycles. The average molecular weight is 468 g/mol. The number of benzene rings is 1. The molecule has 0 bridgehead atoms. The van der Waals surface area contributed by atoms with Gasteiger partial charge in [-0.25, -0.2) is 4.98 Å². The quantitative estimate of drug-likeness (QED) is 0.385. The van der Waals surface area contributed by atoms with Gasteiger partial charge in [-0.05, 0) is 48.9 Å². The summed E-state index contributed by atoms with van der Waals surface area (Å²) in [5.74, 6) is -0.0637. The van der Waals surface area contributed by atoms with Crippen molar-refractivity contribution in [3.8, 4) is 0 Å². The van der Waals surface area contributed by atoms with E-state index >= 15 is 0 Å². The molecule has 1 atom stereocenters. The number of nitrogens with one attached hydrogen (secondary N) is 1. The number of carboxylic acid groups (broad SMARTS) is 1. The van der Waals surface area contributed by atoms with E-state index in [1.807, 2.05) is 18.2 Å². The molecule has 6 nitrogen and oxygen atoms in total. The Morgan fingerprint density at radius 3 is 2.76 bits per heavy atom. The summed E-state index contributed by atoms with van der Waals surface area (Å²) in [6.07, 6.45) is 9.36. The van der Waals surface area contributed by atoms with Crippen molar-refractivity contribution in [2.75, 3.05) is 0 Å². The summed E-state index contributed by atoms with van der Waals surface area (Å²) in [5.41, 5.74) is 2.45. The van der Waals surface area contributed by atoms with Crippen molar-refractivity contribution in [2.24, 2.45) is 0 Å². The fourth-order valence-electron chi connectivity index (χ4n) is 4.89. The number of nitrogens with zero attached hydrogens (tertiary/aromatic N) is 2. The third-order valence-electron chi connectivity index (χ3n) is 6.54. The van der Waals surface area contributed by atoms with Gasteiger partial charge in [0.2, 0.25) is 0 Å². The fraction of sp³-hybridized carbons (Fsp3) is 0.500.